The molecule has 2 aromatic heterocycles. The summed E-state index contributed by atoms with van der Waals surface area (Å²) in [6, 6.07) is 7.38. The van der Waals surface area contributed by atoms with E-state index in [1.807, 2.05) is 38.1 Å². The average molecular weight is 616 g/mol. The third-order valence-electron chi connectivity index (χ3n) is 7.82. The van der Waals surface area contributed by atoms with Crippen LogP contribution in [0.3, 0.4) is 0 Å². The van der Waals surface area contributed by atoms with Gasteiger partial charge in [-0.05, 0) is 78.9 Å². The number of amides is 1. The Bertz CT molecular complexity index is 1610. The highest BCUT2D eigenvalue weighted by Gasteiger charge is 2.36. The largest absolute Gasteiger partial charge is 0.491 e. The quantitative estimate of drug-likeness (QED) is 0.294. The maximum absolute atomic E-state index is 14.2. The minimum atomic E-state index is -1.88. The van der Waals surface area contributed by atoms with Gasteiger partial charge in [-0.3, -0.25) is 14.2 Å². The Morgan fingerprint density at radius 3 is 2.40 bits per heavy atom. The lowest BCUT2D eigenvalue weighted by atomic mass is 9.94. The molecule has 0 saturated heterocycles. The summed E-state index contributed by atoms with van der Waals surface area (Å²) in [5.41, 5.74) is -2.39. The van der Waals surface area contributed by atoms with Crippen molar-refractivity contribution in [2.45, 2.75) is 104 Å². The van der Waals surface area contributed by atoms with Crippen LogP contribution in [0.15, 0.2) is 33.9 Å². The van der Waals surface area contributed by atoms with Crippen LogP contribution in [0, 0.1) is 6.92 Å². The maximum atomic E-state index is 14.2. The predicted octanol–water partition coefficient (Wildman–Crippen LogP) is 3.95. The van der Waals surface area contributed by atoms with Gasteiger partial charge in [-0.2, -0.15) is 0 Å². The fourth-order valence-corrected chi connectivity index (χ4v) is 6.67. The molecule has 0 radical (unpaired) electrons. The molecule has 1 aromatic carbocycles. The third kappa shape index (κ3) is 6.56. The van der Waals surface area contributed by atoms with Crippen LogP contribution in [0.5, 0.6) is 5.75 Å². The molecule has 0 bridgehead atoms. The zero-order valence-corrected chi connectivity index (χ0v) is 26.3. The number of aliphatic carboxylic acids is 1. The second-order valence-electron chi connectivity index (χ2n) is 11.8. The Labute approximate surface area is 254 Å². The molecule has 1 atom stereocenters. The number of nitrogens with one attached hydrogen (secondary N) is 1. The first-order valence-electron chi connectivity index (χ1n) is 14.7. The number of hydrogen-bond donors (Lipinski definition) is 3. The molecule has 3 N–H and O–H groups in total. The lowest BCUT2D eigenvalue weighted by Gasteiger charge is -2.31. The highest BCUT2D eigenvalue weighted by molar-refractivity contribution is 7.20. The number of hydrogen-bond acceptors (Lipinski definition) is 8. The van der Waals surface area contributed by atoms with E-state index in [-0.39, 0.29) is 45.9 Å². The number of carbonyl (C=O) groups excluding carboxylic acids is 1. The molecule has 11 nitrogen and oxygen atoms in total. The second kappa shape index (κ2) is 13.0. The second-order valence-corrected chi connectivity index (χ2v) is 12.8. The lowest BCUT2D eigenvalue weighted by Crippen LogP contribution is -2.52. The van der Waals surface area contributed by atoms with Crippen LogP contribution in [-0.2, 0) is 21.6 Å². The van der Waals surface area contributed by atoms with Crippen molar-refractivity contribution >= 4 is 33.4 Å². The fraction of sp³-hybridized carbons (Fsp3) is 0.548. The summed E-state index contributed by atoms with van der Waals surface area (Å²) in [5, 5.41) is 23.0. The average Bonchev–Trinajstić information content (AvgIpc) is 3.29. The van der Waals surface area contributed by atoms with Gasteiger partial charge in [-0.15, -0.1) is 11.3 Å². The van der Waals surface area contributed by atoms with Gasteiger partial charge >= 0.3 is 11.7 Å². The summed E-state index contributed by atoms with van der Waals surface area (Å²) >= 11 is 1.02. The zero-order chi connectivity index (χ0) is 31.6. The fourth-order valence-electron chi connectivity index (χ4n) is 5.46. The van der Waals surface area contributed by atoms with Crippen molar-refractivity contribution in [3.8, 4) is 5.75 Å². The molecule has 0 spiro atoms. The molecule has 1 saturated carbocycles. The van der Waals surface area contributed by atoms with Crippen molar-refractivity contribution in [1.29, 1.82) is 0 Å². The van der Waals surface area contributed by atoms with E-state index in [0.717, 1.165) is 15.9 Å². The van der Waals surface area contributed by atoms with Gasteiger partial charge < -0.3 is 25.0 Å². The number of aryl methyl sites for hydroxylation is 1. The number of aliphatic hydroxyl groups excluding tert-OH is 1. The van der Waals surface area contributed by atoms with E-state index in [1.165, 1.54) is 18.4 Å². The zero-order valence-electron chi connectivity index (χ0n) is 25.5. The normalized spacial score (nSPS) is 18.1. The number of thiophene rings is 1. The van der Waals surface area contributed by atoms with Crippen molar-refractivity contribution in [2.75, 3.05) is 6.54 Å². The van der Waals surface area contributed by atoms with Gasteiger partial charge in [0.2, 0.25) is 0 Å². The predicted molar refractivity (Wildman–Crippen MR) is 164 cm³/mol. The first-order valence-corrected chi connectivity index (χ1v) is 15.5. The summed E-state index contributed by atoms with van der Waals surface area (Å²) in [4.78, 5) is 53.8. The third-order valence-corrected chi connectivity index (χ3v) is 9.13. The molecule has 1 amide bonds. The molecule has 2 heterocycles. The van der Waals surface area contributed by atoms with Crippen LogP contribution >= 0.6 is 11.3 Å². The number of rotatable bonds is 11. The molecule has 1 fully saturated rings. The molecule has 12 heteroatoms. The summed E-state index contributed by atoms with van der Waals surface area (Å²) in [6.45, 7) is 10.1. The smallest absolute Gasteiger partial charge is 0.333 e. The van der Waals surface area contributed by atoms with Gasteiger partial charge in [0.05, 0.1) is 35.1 Å². The summed E-state index contributed by atoms with van der Waals surface area (Å²) < 4.78 is 14.9. The van der Waals surface area contributed by atoms with Gasteiger partial charge in [-0.25, -0.2) is 14.2 Å². The number of carbonyl (C=O) groups is 2. The van der Waals surface area contributed by atoms with Crippen molar-refractivity contribution in [3.63, 3.8) is 0 Å². The van der Waals surface area contributed by atoms with Crippen LogP contribution < -0.4 is 21.3 Å². The minimum absolute atomic E-state index is 0.0718. The van der Waals surface area contributed by atoms with Crippen molar-refractivity contribution in [2.24, 2.45) is 0 Å². The SMILES string of the molecule is CCNC(=O)c1sc2c(c1C)c(=O)n(C(C)(C)C(=O)O)c(=O)n2C[C@H](O[C@H]1CC[C@@H](O)CC1)c1ccccc1OC(C)C. The molecule has 0 aliphatic heterocycles. The Morgan fingerprint density at radius 1 is 1.14 bits per heavy atom. The molecule has 43 heavy (non-hydrogen) atoms. The van der Waals surface area contributed by atoms with Crippen LogP contribution in [-0.4, -0.2) is 56.1 Å². The number of ether oxygens (including phenoxy) is 2. The van der Waals surface area contributed by atoms with Crippen LogP contribution in [0.2, 0.25) is 0 Å². The van der Waals surface area contributed by atoms with Crippen LogP contribution in [0.25, 0.3) is 10.2 Å². The molecule has 1 aliphatic carbocycles. The van der Waals surface area contributed by atoms with Crippen LogP contribution in [0.4, 0.5) is 0 Å². The molecule has 4 rings (SSSR count). The van der Waals surface area contributed by atoms with Crippen LogP contribution in [0.1, 0.15) is 87.2 Å². The Kier molecular flexibility index (Phi) is 9.83. The summed E-state index contributed by atoms with van der Waals surface area (Å²) in [6.07, 6.45) is 0.960. The summed E-state index contributed by atoms with van der Waals surface area (Å²) in [7, 11) is 0. The van der Waals surface area contributed by atoms with E-state index >= 15 is 0 Å². The van der Waals surface area contributed by atoms with E-state index in [2.05, 4.69) is 5.32 Å². The van der Waals surface area contributed by atoms with Crippen molar-refractivity contribution < 1.29 is 29.3 Å². The molecular weight excluding hydrogens is 574 g/mol. The van der Waals surface area contributed by atoms with E-state index in [4.69, 9.17) is 9.47 Å². The first-order chi connectivity index (χ1) is 20.3. The Balaban J connectivity index is 1.98. The van der Waals surface area contributed by atoms with Gasteiger partial charge in [-0.1, -0.05) is 18.2 Å². The first kappa shape index (κ1) is 32.4. The number of para-hydroxylation sites is 1. The number of carboxylic acids is 1. The lowest BCUT2D eigenvalue weighted by molar-refractivity contribution is -0.146. The van der Waals surface area contributed by atoms with E-state index in [0.29, 0.717) is 49.1 Å². The van der Waals surface area contributed by atoms with Gasteiger partial charge in [0, 0.05) is 12.1 Å². The molecular formula is C31H41N3O8S. The number of nitrogens with zero attached hydrogens (tertiary/aromatic N) is 2. The van der Waals surface area contributed by atoms with Crippen molar-refractivity contribution in [3.05, 3.63) is 61.1 Å². The molecule has 234 valence electrons. The topological polar surface area (TPSA) is 149 Å². The number of carboxylic acid groups (broad SMARTS) is 1. The highest BCUT2D eigenvalue weighted by atomic mass is 32.1. The van der Waals surface area contributed by atoms with Gasteiger partial charge in [0.25, 0.3) is 11.5 Å². The van der Waals surface area contributed by atoms with E-state index in [9.17, 15) is 29.4 Å². The Morgan fingerprint density at radius 2 is 1.79 bits per heavy atom. The minimum Gasteiger partial charge on any atom is -0.491 e. The van der Waals surface area contributed by atoms with E-state index in [1.54, 1.807) is 13.8 Å². The Hall–Kier alpha value is -3.48. The number of fused-ring (bicyclic) bond motifs is 1. The van der Waals surface area contributed by atoms with Crippen molar-refractivity contribution in [1.82, 2.24) is 14.5 Å². The number of aromatic nitrogens is 2. The maximum Gasteiger partial charge on any atom is 0.333 e. The van der Waals surface area contributed by atoms with Gasteiger partial charge in [0.1, 0.15) is 22.2 Å². The highest BCUT2D eigenvalue weighted by Crippen LogP contribution is 2.35. The summed E-state index contributed by atoms with van der Waals surface area (Å²) in [5.74, 6) is -1.15. The van der Waals surface area contributed by atoms with E-state index < -0.39 is 28.9 Å². The number of benzene rings is 1. The standard InChI is InChI=1S/C31H41N3O8S/c1-7-32-26(36)25-18(4)24-27(37)34(31(5,6)29(38)39)30(40)33(28(24)43-25)16-23(42-20-14-12-19(35)13-15-20)21-10-8-9-11-22(21)41-17(2)3/h8-11,17,19-20,23,35H,7,12-16H2,1-6H3,(H,32,36)(H,38,39)/t19-,20+,23-/m0/s1. The molecule has 3 aromatic rings. The number of aliphatic hydroxyl groups is 1. The van der Waals surface area contributed by atoms with Gasteiger partial charge in [0.15, 0.2) is 0 Å². The monoisotopic (exact) mass is 615 g/mol. The molecule has 0 unspecified atom stereocenters. The molecule has 1 aliphatic rings.